The van der Waals surface area contributed by atoms with Crippen molar-refractivity contribution in [3.63, 3.8) is 0 Å². The summed E-state index contributed by atoms with van der Waals surface area (Å²) in [6.45, 7) is 6.32. The van der Waals surface area contributed by atoms with Gasteiger partial charge in [-0.2, -0.15) is 0 Å². The van der Waals surface area contributed by atoms with Gasteiger partial charge in [0, 0.05) is 0 Å². The molecule has 0 N–H and O–H groups in total. The summed E-state index contributed by atoms with van der Waals surface area (Å²) in [7, 11) is 0. The Balaban J connectivity index is 2.48. The van der Waals surface area contributed by atoms with Crippen LogP contribution in [0.2, 0.25) is 0 Å². The summed E-state index contributed by atoms with van der Waals surface area (Å²) < 4.78 is 0. The van der Waals surface area contributed by atoms with Gasteiger partial charge in [0.15, 0.2) is 0 Å². The van der Waals surface area contributed by atoms with E-state index in [0.717, 1.165) is 0 Å². The average molecular weight is 274 g/mol. The molecule has 0 heteroatoms. The molecule has 0 unspecified atom stereocenters. The molecule has 2 aromatic rings. The van der Waals surface area contributed by atoms with E-state index in [9.17, 15) is 0 Å². The zero-order chi connectivity index (χ0) is 15.1. The van der Waals surface area contributed by atoms with Crippen LogP contribution in [0.5, 0.6) is 0 Å². The molecule has 2 rings (SSSR count). The minimum absolute atomic E-state index is 1.22. The zero-order valence-corrected chi connectivity index (χ0v) is 13.0. The van der Waals surface area contributed by atoms with E-state index in [0.29, 0.717) is 0 Å². The quantitative estimate of drug-likeness (QED) is 0.475. The molecule has 0 atom stereocenters. The van der Waals surface area contributed by atoms with Gasteiger partial charge in [0.25, 0.3) is 0 Å². The van der Waals surface area contributed by atoms with Gasteiger partial charge in [-0.05, 0) is 49.1 Å². The molecule has 0 spiro atoms. The summed E-state index contributed by atoms with van der Waals surface area (Å²) in [6, 6.07) is 17.1. The van der Waals surface area contributed by atoms with Crippen molar-refractivity contribution in [2.24, 2.45) is 0 Å². The SMILES string of the molecule is C\C=C/C=C\C(=C\c1cc(C)ccc1C)c1ccccc1. The maximum Gasteiger partial charge on any atom is -0.0178 e. The van der Waals surface area contributed by atoms with E-state index in [1.165, 1.54) is 27.8 Å². The summed E-state index contributed by atoms with van der Waals surface area (Å²) in [4.78, 5) is 0. The average Bonchev–Trinajstić information content (AvgIpc) is 2.51. The van der Waals surface area contributed by atoms with Gasteiger partial charge >= 0.3 is 0 Å². The van der Waals surface area contributed by atoms with Crippen LogP contribution in [-0.4, -0.2) is 0 Å². The molecule has 0 aliphatic rings. The lowest BCUT2D eigenvalue weighted by atomic mass is 9.98. The second kappa shape index (κ2) is 7.44. The summed E-state index contributed by atoms with van der Waals surface area (Å²) in [5.74, 6) is 0. The largest absolute Gasteiger partial charge is 0.0877 e. The Morgan fingerprint density at radius 3 is 2.38 bits per heavy atom. The summed E-state index contributed by atoms with van der Waals surface area (Å²) in [6.07, 6.45) is 10.6. The maximum absolute atomic E-state index is 2.26. The molecule has 106 valence electrons. The summed E-state index contributed by atoms with van der Waals surface area (Å²) in [5.41, 5.74) is 6.32. The fourth-order valence-electron chi connectivity index (χ4n) is 2.21. The third-order valence-electron chi connectivity index (χ3n) is 3.43. The number of hydrogen-bond acceptors (Lipinski definition) is 0. The van der Waals surface area contributed by atoms with Crippen molar-refractivity contribution in [2.45, 2.75) is 20.8 Å². The Bertz CT molecular complexity index is 670. The van der Waals surface area contributed by atoms with E-state index in [1.54, 1.807) is 0 Å². The minimum Gasteiger partial charge on any atom is -0.0877 e. The van der Waals surface area contributed by atoms with Crippen molar-refractivity contribution in [1.82, 2.24) is 0 Å². The number of allylic oxidation sites excluding steroid dienone is 5. The van der Waals surface area contributed by atoms with E-state index < -0.39 is 0 Å². The van der Waals surface area contributed by atoms with Crippen LogP contribution in [0.3, 0.4) is 0 Å². The van der Waals surface area contributed by atoms with Crippen LogP contribution in [0.25, 0.3) is 11.6 Å². The number of benzene rings is 2. The van der Waals surface area contributed by atoms with Crippen molar-refractivity contribution in [3.8, 4) is 0 Å². The third kappa shape index (κ3) is 4.32. The lowest BCUT2D eigenvalue weighted by Crippen LogP contribution is -1.85. The molecular weight excluding hydrogens is 252 g/mol. The molecule has 0 radical (unpaired) electrons. The van der Waals surface area contributed by atoms with Crippen molar-refractivity contribution < 1.29 is 0 Å². The van der Waals surface area contributed by atoms with Crippen molar-refractivity contribution in [1.29, 1.82) is 0 Å². The smallest absolute Gasteiger partial charge is 0.0178 e. The van der Waals surface area contributed by atoms with Gasteiger partial charge in [0.1, 0.15) is 0 Å². The first-order valence-electron chi connectivity index (χ1n) is 7.34. The van der Waals surface area contributed by atoms with E-state index >= 15 is 0 Å². The minimum atomic E-state index is 1.22. The van der Waals surface area contributed by atoms with Gasteiger partial charge in [-0.25, -0.2) is 0 Å². The molecule has 0 aliphatic heterocycles. The monoisotopic (exact) mass is 274 g/mol. The fourth-order valence-corrected chi connectivity index (χ4v) is 2.21. The van der Waals surface area contributed by atoms with Gasteiger partial charge < -0.3 is 0 Å². The van der Waals surface area contributed by atoms with Crippen molar-refractivity contribution >= 4 is 11.6 Å². The van der Waals surface area contributed by atoms with Crippen LogP contribution in [-0.2, 0) is 0 Å². The lowest BCUT2D eigenvalue weighted by Gasteiger charge is -2.06. The second-order valence-electron chi connectivity index (χ2n) is 5.21. The Morgan fingerprint density at radius 1 is 0.905 bits per heavy atom. The highest BCUT2D eigenvalue weighted by Gasteiger charge is 2.00. The maximum atomic E-state index is 2.26. The van der Waals surface area contributed by atoms with Gasteiger partial charge in [-0.1, -0.05) is 78.4 Å². The number of hydrogen-bond donors (Lipinski definition) is 0. The van der Waals surface area contributed by atoms with Crippen LogP contribution in [0.15, 0.2) is 72.8 Å². The van der Waals surface area contributed by atoms with Gasteiger partial charge in [-0.15, -0.1) is 0 Å². The topological polar surface area (TPSA) is 0 Å². The highest BCUT2D eigenvalue weighted by Crippen LogP contribution is 2.22. The highest BCUT2D eigenvalue weighted by molar-refractivity contribution is 5.88. The second-order valence-corrected chi connectivity index (χ2v) is 5.21. The lowest BCUT2D eigenvalue weighted by molar-refractivity contribution is 1.38. The predicted molar refractivity (Wildman–Crippen MR) is 94.2 cm³/mol. The van der Waals surface area contributed by atoms with Crippen molar-refractivity contribution in [2.75, 3.05) is 0 Å². The van der Waals surface area contributed by atoms with E-state index in [4.69, 9.17) is 0 Å². The van der Waals surface area contributed by atoms with Gasteiger partial charge in [0.05, 0.1) is 0 Å². The molecule has 0 aromatic heterocycles. The molecule has 0 fully saturated rings. The van der Waals surface area contributed by atoms with Gasteiger partial charge in [0.2, 0.25) is 0 Å². The number of rotatable bonds is 4. The molecule has 0 bridgehead atoms. The molecule has 0 amide bonds. The molecule has 2 aromatic carbocycles. The normalized spacial score (nSPS) is 12.4. The van der Waals surface area contributed by atoms with E-state index in [1.807, 2.05) is 13.0 Å². The standard InChI is InChI=1S/C21H22/c1-4-5-7-12-20(19-10-8-6-9-11-19)16-21-15-17(2)13-14-18(21)3/h4-16H,1-3H3/b5-4-,12-7-,20-16-. The Hall–Kier alpha value is -2.34. The van der Waals surface area contributed by atoms with Crippen molar-refractivity contribution in [3.05, 3.63) is 95.1 Å². The van der Waals surface area contributed by atoms with Crippen LogP contribution < -0.4 is 0 Å². The Labute approximate surface area is 128 Å². The third-order valence-corrected chi connectivity index (χ3v) is 3.43. The fraction of sp³-hybridized carbons (Fsp3) is 0.143. The number of aryl methyl sites for hydroxylation is 2. The molecule has 0 heterocycles. The molecule has 0 saturated heterocycles. The highest BCUT2D eigenvalue weighted by atomic mass is 14.1. The Morgan fingerprint density at radius 2 is 1.67 bits per heavy atom. The first-order valence-corrected chi connectivity index (χ1v) is 7.34. The van der Waals surface area contributed by atoms with E-state index in [2.05, 4.69) is 86.7 Å². The first kappa shape index (κ1) is 15.1. The molecular formula is C21H22. The van der Waals surface area contributed by atoms with Crippen LogP contribution in [0, 0.1) is 13.8 Å². The molecule has 21 heavy (non-hydrogen) atoms. The first-order chi connectivity index (χ1) is 10.2. The van der Waals surface area contributed by atoms with Crippen LogP contribution in [0.4, 0.5) is 0 Å². The van der Waals surface area contributed by atoms with Gasteiger partial charge in [-0.3, -0.25) is 0 Å². The Kier molecular flexibility index (Phi) is 5.34. The zero-order valence-electron chi connectivity index (χ0n) is 13.0. The van der Waals surface area contributed by atoms with Crippen LogP contribution in [0.1, 0.15) is 29.2 Å². The summed E-state index contributed by atoms with van der Waals surface area (Å²) >= 11 is 0. The predicted octanol–water partition coefficient (Wildman–Crippen LogP) is 5.98. The van der Waals surface area contributed by atoms with Crippen LogP contribution >= 0.6 is 0 Å². The molecule has 0 aliphatic carbocycles. The van der Waals surface area contributed by atoms with E-state index in [-0.39, 0.29) is 0 Å². The molecule has 0 saturated carbocycles. The summed E-state index contributed by atoms with van der Waals surface area (Å²) in [5, 5.41) is 0. The molecule has 0 nitrogen and oxygen atoms in total.